The van der Waals surface area contributed by atoms with Crippen LogP contribution < -0.4 is 9.80 Å². The monoisotopic (exact) mass is 346 g/mol. The average Bonchev–Trinajstić information content (AvgIpc) is 3.46. The summed E-state index contributed by atoms with van der Waals surface area (Å²) >= 11 is 0. The Labute approximate surface area is 150 Å². The summed E-state index contributed by atoms with van der Waals surface area (Å²) in [5.41, 5.74) is 2.46. The van der Waals surface area contributed by atoms with Gasteiger partial charge in [-0.3, -0.25) is 0 Å². The van der Waals surface area contributed by atoms with Gasteiger partial charge in [0.25, 0.3) is 0 Å². The maximum Gasteiger partial charge on any atom is 0.165 e. The highest BCUT2D eigenvalue weighted by Gasteiger charge is 2.28. The largest absolute Gasteiger partial charge is 0.353 e. The van der Waals surface area contributed by atoms with E-state index < -0.39 is 0 Å². The van der Waals surface area contributed by atoms with Crippen LogP contribution in [0.3, 0.4) is 0 Å². The summed E-state index contributed by atoms with van der Waals surface area (Å²) in [4.78, 5) is 22.4. The number of hydrogen-bond donors (Lipinski definition) is 0. The van der Waals surface area contributed by atoms with Crippen molar-refractivity contribution in [1.29, 1.82) is 5.26 Å². The Morgan fingerprint density at radius 2 is 1.81 bits per heavy atom. The van der Waals surface area contributed by atoms with Crippen LogP contribution in [-0.4, -0.2) is 50.7 Å². The third kappa shape index (κ3) is 2.52. The van der Waals surface area contributed by atoms with Crippen molar-refractivity contribution in [2.75, 3.05) is 36.0 Å². The Morgan fingerprint density at radius 3 is 2.58 bits per heavy atom. The minimum absolute atomic E-state index is 0.554. The molecule has 0 spiro atoms. The Bertz CT molecular complexity index is 992. The molecule has 0 N–H and O–H groups in total. The predicted octanol–water partition coefficient (Wildman–Crippen LogP) is 1.75. The van der Waals surface area contributed by atoms with Crippen molar-refractivity contribution in [2.45, 2.75) is 18.9 Å². The molecule has 0 bridgehead atoms. The molecule has 1 aliphatic carbocycles. The number of anilines is 2. The molecule has 3 aromatic heterocycles. The minimum atomic E-state index is 0.554. The van der Waals surface area contributed by atoms with Gasteiger partial charge < -0.3 is 14.4 Å². The van der Waals surface area contributed by atoms with Crippen molar-refractivity contribution in [3.63, 3.8) is 0 Å². The van der Waals surface area contributed by atoms with Crippen molar-refractivity contribution >= 4 is 22.8 Å². The van der Waals surface area contributed by atoms with Crippen molar-refractivity contribution in [3.05, 3.63) is 36.5 Å². The Morgan fingerprint density at radius 1 is 1.00 bits per heavy atom. The molecule has 26 heavy (non-hydrogen) atoms. The van der Waals surface area contributed by atoms with E-state index in [2.05, 4.69) is 40.4 Å². The number of imidazole rings is 1. The predicted molar refractivity (Wildman–Crippen MR) is 97.0 cm³/mol. The van der Waals surface area contributed by atoms with Gasteiger partial charge in [0, 0.05) is 38.4 Å². The summed E-state index contributed by atoms with van der Waals surface area (Å²) < 4.78 is 2.17. The van der Waals surface area contributed by atoms with Crippen LogP contribution in [0.4, 0.5) is 11.6 Å². The lowest BCUT2D eigenvalue weighted by Crippen LogP contribution is -2.47. The fourth-order valence-corrected chi connectivity index (χ4v) is 3.50. The highest BCUT2D eigenvalue weighted by molar-refractivity contribution is 5.83. The SMILES string of the molecule is N#Cc1ccnc(N2CCN(c3ncnc4c3ncn4C3CC3)CC2)c1. The zero-order chi connectivity index (χ0) is 17.5. The molecule has 8 heteroatoms. The van der Waals surface area contributed by atoms with E-state index in [0.29, 0.717) is 11.6 Å². The smallest absolute Gasteiger partial charge is 0.165 e. The number of pyridine rings is 1. The normalized spacial score (nSPS) is 17.5. The third-order valence-corrected chi connectivity index (χ3v) is 5.06. The molecule has 1 aliphatic heterocycles. The zero-order valence-electron chi connectivity index (χ0n) is 14.3. The van der Waals surface area contributed by atoms with E-state index in [1.165, 1.54) is 12.8 Å². The molecule has 0 amide bonds. The molecule has 3 aromatic rings. The first kappa shape index (κ1) is 15.1. The number of hydrogen-bond acceptors (Lipinski definition) is 7. The highest BCUT2D eigenvalue weighted by Crippen LogP contribution is 2.37. The second-order valence-corrected chi connectivity index (χ2v) is 6.74. The molecule has 1 saturated heterocycles. The highest BCUT2D eigenvalue weighted by atomic mass is 15.3. The van der Waals surface area contributed by atoms with Crippen LogP contribution >= 0.6 is 0 Å². The summed E-state index contributed by atoms with van der Waals surface area (Å²) in [6.07, 6.45) is 7.64. The molecule has 2 fully saturated rings. The first-order valence-electron chi connectivity index (χ1n) is 8.87. The van der Waals surface area contributed by atoms with Crippen LogP contribution in [0.1, 0.15) is 24.4 Å². The average molecular weight is 346 g/mol. The van der Waals surface area contributed by atoms with Crippen molar-refractivity contribution < 1.29 is 0 Å². The quantitative estimate of drug-likeness (QED) is 0.714. The lowest BCUT2D eigenvalue weighted by atomic mass is 10.2. The zero-order valence-corrected chi connectivity index (χ0v) is 14.3. The van der Waals surface area contributed by atoms with Gasteiger partial charge >= 0.3 is 0 Å². The molecule has 2 aliphatic rings. The summed E-state index contributed by atoms with van der Waals surface area (Å²) in [5, 5.41) is 9.07. The van der Waals surface area contributed by atoms with Crippen LogP contribution in [-0.2, 0) is 0 Å². The number of nitrogens with zero attached hydrogens (tertiary/aromatic N) is 8. The fraction of sp³-hybridized carbons (Fsp3) is 0.389. The first-order chi connectivity index (χ1) is 12.8. The van der Waals surface area contributed by atoms with E-state index in [1.807, 2.05) is 12.4 Å². The van der Waals surface area contributed by atoms with Crippen LogP contribution in [0.5, 0.6) is 0 Å². The molecule has 0 aromatic carbocycles. The molecule has 8 nitrogen and oxygen atoms in total. The summed E-state index contributed by atoms with van der Waals surface area (Å²) in [6.45, 7) is 3.33. The standard InChI is InChI=1S/C18H18N8/c19-10-13-3-4-20-15(9-13)24-5-7-25(8-6-24)17-16-18(22-11-21-17)26(12-23-16)14-1-2-14/h3-4,9,11-12,14H,1-2,5-8H2. The van der Waals surface area contributed by atoms with Gasteiger partial charge in [0.05, 0.1) is 18.0 Å². The second kappa shape index (κ2) is 5.95. The van der Waals surface area contributed by atoms with Crippen LogP contribution in [0.2, 0.25) is 0 Å². The molecule has 0 radical (unpaired) electrons. The van der Waals surface area contributed by atoms with Gasteiger partial charge in [0.2, 0.25) is 0 Å². The fourth-order valence-electron chi connectivity index (χ4n) is 3.50. The van der Waals surface area contributed by atoms with Gasteiger partial charge in [0.1, 0.15) is 12.1 Å². The van der Waals surface area contributed by atoms with Gasteiger partial charge in [0.15, 0.2) is 17.0 Å². The minimum Gasteiger partial charge on any atom is -0.353 e. The van der Waals surface area contributed by atoms with Gasteiger partial charge in [-0.15, -0.1) is 0 Å². The molecule has 5 rings (SSSR count). The van der Waals surface area contributed by atoms with Gasteiger partial charge in [-0.2, -0.15) is 5.26 Å². The number of fused-ring (bicyclic) bond motifs is 1. The Kier molecular flexibility index (Phi) is 3.45. The van der Waals surface area contributed by atoms with Gasteiger partial charge in [-0.25, -0.2) is 19.9 Å². The topological polar surface area (TPSA) is 86.8 Å². The summed E-state index contributed by atoms with van der Waals surface area (Å²) in [6, 6.07) is 6.30. The lowest BCUT2D eigenvalue weighted by molar-refractivity contribution is 0.642. The summed E-state index contributed by atoms with van der Waals surface area (Å²) in [7, 11) is 0. The van der Waals surface area contributed by atoms with Crippen LogP contribution in [0.25, 0.3) is 11.2 Å². The molecule has 1 saturated carbocycles. The van der Waals surface area contributed by atoms with Crippen LogP contribution in [0.15, 0.2) is 31.0 Å². The van der Waals surface area contributed by atoms with E-state index in [4.69, 9.17) is 5.26 Å². The number of nitriles is 1. The van der Waals surface area contributed by atoms with Crippen molar-refractivity contribution in [3.8, 4) is 6.07 Å². The van der Waals surface area contributed by atoms with Gasteiger partial charge in [-0.1, -0.05) is 0 Å². The van der Waals surface area contributed by atoms with E-state index in [9.17, 15) is 0 Å². The van der Waals surface area contributed by atoms with E-state index in [1.54, 1.807) is 18.6 Å². The molecular formula is C18H18N8. The number of rotatable bonds is 3. The van der Waals surface area contributed by atoms with Crippen molar-refractivity contribution in [1.82, 2.24) is 24.5 Å². The van der Waals surface area contributed by atoms with E-state index in [0.717, 1.165) is 49.0 Å². The number of piperazine rings is 1. The lowest BCUT2D eigenvalue weighted by Gasteiger charge is -2.36. The maximum absolute atomic E-state index is 9.07. The molecule has 0 atom stereocenters. The van der Waals surface area contributed by atoms with E-state index >= 15 is 0 Å². The maximum atomic E-state index is 9.07. The second-order valence-electron chi connectivity index (χ2n) is 6.74. The molecule has 4 heterocycles. The Balaban J connectivity index is 1.37. The Hall–Kier alpha value is -3.21. The third-order valence-electron chi connectivity index (χ3n) is 5.06. The molecular weight excluding hydrogens is 328 g/mol. The summed E-state index contributed by atoms with van der Waals surface area (Å²) in [5.74, 6) is 1.77. The van der Waals surface area contributed by atoms with Crippen molar-refractivity contribution in [2.24, 2.45) is 0 Å². The molecule has 130 valence electrons. The number of aromatic nitrogens is 5. The molecule has 0 unspecified atom stereocenters. The van der Waals surface area contributed by atoms with E-state index in [-0.39, 0.29) is 0 Å². The van der Waals surface area contributed by atoms with Gasteiger partial charge in [-0.05, 0) is 25.0 Å². The first-order valence-corrected chi connectivity index (χ1v) is 8.87. The van der Waals surface area contributed by atoms with Crippen LogP contribution in [0, 0.1) is 11.3 Å².